The topological polar surface area (TPSA) is 93.1 Å². The van der Waals surface area contributed by atoms with Crippen LogP contribution in [0.5, 0.6) is 0 Å². The van der Waals surface area contributed by atoms with Crippen LogP contribution in [0, 0.1) is 6.92 Å². The molecule has 0 saturated heterocycles. The van der Waals surface area contributed by atoms with Crippen molar-refractivity contribution >= 4 is 21.0 Å². The van der Waals surface area contributed by atoms with E-state index in [1.807, 2.05) is 19.1 Å². The highest BCUT2D eigenvalue weighted by Crippen LogP contribution is 2.58. The molecule has 0 spiro atoms. The number of benzene rings is 1. The van der Waals surface area contributed by atoms with Crippen LogP contribution < -0.4 is 0 Å². The molecule has 0 saturated carbocycles. The van der Waals surface area contributed by atoms with Crippen LogP contribution in [-0.2, 0) is 25.0 Å². The average Bonchev–Trinajstić information content (AvgIpc) is 2.53. The second kappa shape index (κ2) is 12.1. The first kappa shape index (κ1) is 27.0. The maximum atomic E-state index is 12.8. The third-order valence-corrected chi connectivity index (χ3v) is 8.80. The van der Waals surface area contributed by atoms with Crippen molar-refractivity contribution in [1.82, 2.24) is 0 Å². The zero-order chi connectivity index (χ0) is 22.9. The van der Waals surface area contributed by atoms with Crippen molar-refractivity contribution in [3.05, 3.63) is 52.1 Å². The highest BCUT2D eigenvalue weighted by Gasteiger charge is 2.34. The van der Waals surface area contributed by atoms with Gasteiger partial charge in [-0.2, -0.15) is 0 Å². The van der Waals surface area contributed by atoms with Crippen LogP contribution in [0.1, 0.15) is 64.2 Å². The fourth-order valence-corrected chi connectivity index (χ4v) is 7.02. The summed E-state index contributed by atoms with van der Waals surface area (Å²) >= 11 is 0. The Morgan fingerprint density at radius 1 is 1.17 bits per heavy atom. The maximum absolute atomic E-state index is 12.8. The molecule has 170 valence electrons. The van der Waals surface area contributed by atoms with Crippen molar-refractivity contribution in [2.24, 2.45) is 0 Å². The highest BCUT2D eigenvalue weighted by atomic mass is 31.2. The van der Waals surface area contributed by atoms with E-state index >= 15 is 0 Å². The lowest BCUT2D eigenvalue weighted by Crippen LogP contribution is -2.09. The van der Waals surface area contributed by atoms with Crippen LogP contribution in [0.3, 0.4) is 0 Å². The van der Waals surface area contributed by atoms with Gasteiger partial charge in [0, 0.05) is 0 Å². The Morgan fingerprint density at radius 2 is 1.83 bits per heavy atom. The molecule has 0 heterocycles. The average molecular weight is 458 g/mol. The van der Waals surface area contributed by atoms with Gasteiger partial charge in [0.2, 0.25) is 7.37 Å². The minimum atomic E-state index is -4.48. The van der Waals surface area contributed by atoms with Gasteiger partial charge in [-0.15, -0.1) is 0 Å². The lowest BCUT2D eigenvalue weighted by molar-refractivity contribution is 0.141. The summed E-state index contributed by atoms with van der Waals surface area (Å²) < 4.78 is 35.0. The smallest absolute Gasteiger partial charge is 0.335 e. The zero-order valence-corrected chi connectivity index (χ0v) is 20.7. The van der Waals surface area contributed by atoms with Gasteiger partial charge in [-0.25, -0.2) is 0 Å². The second-order valence-corrected chi connectivity index (χ2v) is 12.8. The van der Waals surface area contributed by atoms with Gasteiger partial charge in [-0.3, -0.25) is 9.13 Å². The minimum Gasteiger partial charge on any atom is -0.367 e. The third kappa shape index (κ3) is 11.4. The number of aryl methyl sites for hydroxylation is 1. The number of rotatable bonds is 12. The van der Waals surface area contributed by atoms with Crippen molar-refractivity contribution in [3.63, 3.8) is 0 Å². The second-order valence-electron chi connectivity index (χ2n) is 8.25. The van der Waals surface area contributed by atoms with Crippen LogP contribution >= 0.6 is 15.0 Å². The summed E-state index contributed by atoms with van der Waals surface area (Å²) in [5.74, 6) is -0.813. The quantitative estimate of drug-likeness (QED) is 0.276. The highest BCUT2D eigenvalue weighted by molar-refractivity contribution is 7.73. The van der Waals surface area contributed by atoms with E-state index in [2.05, 4.69) is 39.0 Å². The Kier molecular flexibility index (Phi) is 10.9. The molecule has 0 aliphatic rings. The Bertz CT molecular complexity index is 847. The van der Waals surface area contributed by atoms with Gasteiger partial charge < -0.3 is 19.0 Å². The maximum Gasteiger partial charge on any atom is 0.335 e. The molecule has 8 heteroatoms. The van der Waals surface area contributed by atoms with E-state index in [-0.39, 0.29) is 13.0 Å². The normalized spacial score (nSPS) is 14.6. The van der Waals surface area contributed by atoms with Gasteiger partial charge in [0.1, 0.15) is 12.3 Å². The molecule has 1 unspecified atom stereocenters. The van der Waals surface area contributed by atoms with Crippen LogP contribution in [0.2, 0.25) is 0 Å². The van der Waals surface area contributed by atoms with Gasteiger partial charge in [0.05, 0.1) is 12.7 Å². The van der Waals surface area contributed by atoms with Gasteiger partial charge >= 0.3 is 7.60 Å². The predicted molar refractivity (Wildman–Crippen MR) is 124 cm³/mol. The fraction of sp³-hybridized carbons (Fsp3) is 0.545. The SMILES string of the molecule is CC(C)=CCC/C(C)=C/c1ccc(COCP(=O)(CP(=O)(O)O)OC(C)C)c(C)c1. The van der Waals surface area contributed by atoms with Crippen LogP contribution in [0.15, 0.2) is 35.4 Å². The van der Waals surface area contributed by atoms with E-state index < -0.39 is 27.0 Å². The number of hydrogen-bond acceptors (Lipinski definition) is 4. The summed E-state index contributed by atoms with van der Waals surface area (Å²) in [6.45, 7) is 11.8. The number of hydrogen-bond donors (Lipinski definition) is 2. The first-order valence-corrected chi connectivity index (χ1v) is 13.9. The fourth-order valence-electron chi connectivity index (χ4n) is 2.98. The predicted octanol–water partition coefficient (Wildman–Crippen LogP) is 6.46. The van der Waals surface area contributed by atoms with Crippen molar-refractivity contribution in [1.29, 1.82) is 0 Å². The molecule has 0 aromatic heterocycles. The Hall–Kier alpha value is -1.00. The Labute approximate surface area is 181 Å². The molecule has 6 nitrogen and oxygen atoms in total. The third-order valence-electron chi connectivity index (χ3n) is 4.22. The largest absolute Gasteiger partial charge is 0.367 e. The molecule has 1 aromatic rings. The minimum absolute atomic E-state index is 0.196. The molecular weight excluding hydrogens is 422 g/mol. The first-order chi connectivity index (χ1) is 13.8. The molecule has 0 radical (unpaired) electrons. The molecule has 30 heavy (non-hydrogen) atoms. The van der Waals surface area contributed by atoms with Gasteiger partial charge in [-0.05, 0) is 71.1 Å². The Balaban J connectivity index is 2.75. The molecule has 0 aliphatic heterocycles. The monoisotopic (exact) mass is 458 g/mol. The summed E-state index contributed by atoms with van der Waals surface area (Å²) in [4.78, 5) is 18.4. The molecule has 1 aromatic carbocycles. The van der Waals surface area contributed by atoms with Crippen LogP contribution in [-0.4, -0.2) is 28.1 Å². The van der Waals surface area contributed by atoms with E-state index in [1.54, 1.807) is 13.8 Å². The molecule has 1 atom stereocenters. The van der Waals surface area contributed by atoms with Gasteiger partial charge in [0.25, 0.3) is 0 Å². The molecule has 0 fully saturated rings. The number of allylic oxidation sites excluding steroid dienone is 3. The zero-order valence-electron chi connectivity index (χ0n) is 18.9. The van der Waals surface area contributed by atoms with E-state index in [4.69, 9.17) is 9.26 Å². The van der Waals surface area contributed by atoms with E-state index in [9.17, 15) is 18.9 Å². The summed E-state index contributed by atoms with van der Waals surface area (Å²) in [6.07, 6.45) is 5.69. The van der Waals surface area contributed by atoms with E-state index in [1.165, 1.54) is 11.1 Å². The van der Waals surface area contributed by atoms with Crippen molar-refractivity contribution in [2.45, 2.75) is 67.1 Å². The molecular formula is C22H36O6P2. The van der Waals surface area contributed by atoms with Gasteiger partial charge in [0.15, 0.2) is 0 Å². The molecule has 2 N–H and O–H groups in total. The summed E-state index contributed by atoms with van der Waals surface area (Å²) in [5, 5.41) is 0. The lowest BCUT2D eigenvalue weighted by Gasteiger charge is -2.21. The molecule has 0 bridgehead atoms. The van der Waals surface area contributed by atoms with Crippen molar-refractivity contribution in [3.8, 4) is 0 Å². The lowest BCUT2D eigenvalue weighted by atomic mass is 10.0. The molecule has 0 aliphatic carbocycles. The first-order valence-electron chi connectivity index (χ1n) is 10.1. The number of ether oxygens (including phenoxy) is 1. The van der Waals surface area contributed by atoms with Crippen molar-refractivity contribution < 1.29 is 28.2 Å². The molecule has 0 amide bonds. The standard InChI is InChI=1S/C22H36O6P2/c1-17(2)8-7-9-19(5)12-21-10-11-22(20(6)13-21)14-27-15-29(23,28-18(3)4)16-30(24,25)26/h8,10-13,18H,7,9,14-16H2,1-6H3,(H2,24,25,26)/b19-12+. The molecule has 1 rings (SSSR count). The summed E-state index contributed by atoms with van der Waals surface area (Å²) in [6, 6.07) is 6.04. The van der Waals surface area contributed by atoms with E-state index in [0.717, 1.165) is 29.5 Å². The summed E-state index contributed by atoms with van der Waals surface area (Å²) in [7, 11) is -8.07. The van der Waals surface area contributed by atoms with Crippen LogP contribution in [0.25, 0.3) is 6.08 Å². The Morgan fingerprint density at radius 3 is 2.37 bits per heavy atom. The summed E-state index contributed by atoms with van der Waals surface area (Å²) in [5.41, 5.74) is 5.71. The van der Waals surface area contributed by atoms with E-state index in [0.29, 0.717) is 0 Å². The van der Waals surface area contributed by atoms with Crippen LogP contribution in [0.4, 0.5) is 0 Å². The van der Waals surface area contributed by atoms with Gasteiger partial charge in [-0.1, -0.05) is 41.5 Å². The van der Waals surface area contributed by atoms with Crippen molar-refractivity contribution in [2.75, 3.05) is 12.3 Å².